The molecule has 1 aliphatic rings. The first kappa shape index (κ1) is 24.0. The van der Waals surface area contributed by atoms with Gasteiger partial charge in [0.25, 0.3) is 5.91 Å². The quantitative estimate of drug-likeness (QED) is 0.523. The zero-order chi connectivity index (χ0) is 25.3. The molecule has 11 nitrogen and oxygen atoms in total. The van der Waals surface area contributed by atoms with Crippen LogP contribution in [0.25, 0.3) is 11.1 Å². The molecule has 0 aliphatic carbocycles. The Bertz CT molecular complexity index is 1260. The number of aromatic nitrogens is 2. The normalized spacial score (nSPS) is 13.2. The molecule has 1 atom stereocenters. The maximum atomic E-state index is 13.5. The minimum atomic E-state index is -1.16. The molecule has 11 heteroatoms. The predicted octanol–water partition coefficient (Wildman–Crippen LogP) is 3.19. The summed E-state index contributed by atoms with van der Waals surface area (Å²) in [5.74, 6) is -0.842. The van der Waals surface area contributed by atoms with Gasteiger partial charge in [-0.3, -0.25) is 4.79 Å². The molecule has 3 N–H and O–H groups in total. The fourth-order valence-electron chi connectivity index (χ4n) is 3.75. The first-order valence-corrected chi connectivity index (χ1v) is 10.9. The van der Waals surface area contributed by atoms with E-state index in [4.69, 9.17) is 24.4 Å². The van der Waals surface area contributed by atoms with E-state index in [9.17, 15) is 14.4 Å². The van der Waals surface area contributed by atoms with Crippen LogP contribution in [0, 0.1) is 0 Å². The third kappa shape index (κ3) is 4.76. The van der Waals surface area contributed by atoms with E-state index in [1.165, 1.54) is 25.8 Å². The van der Waals surface area contributed by atoms with Crippen molar-refractivity contribution in [2.24, 2.45) is 5.73 Å². The summed E-state index contributed by atoms with van der Waals surface area (Å²) >= 11 is 0. The number of hydrogen-bond acceptors (Lipinski definition) is 9. The minimum Gasteiger partial charge on any atom is -0.484 e. The van der Waals surface area contributed by atoms with Crippen molar-refractivity contribution in [3.8, 4) is 16.9 Å². The van der Waals surface area contributed by atoms with Gasteiger partial charge in [-0.2, -0.15) is 0 Å². The van der Waals surface area contributed by atoms with Gasteiger partial charge in [0.2, 0.25) is 0 Å². The Kier molecular flexibility index (Phi) is 6.35. The second kappa shape index (κ2) is 9.26. The average molecular weight is 482 g/mol. The number of nitrogens with one attached hydrogen (secondary N) is 1. The van der Waals surface area contributed by atoms with Gasteiger partial charge in [-0.1, -0.05) is 0 Å². The summed E-state index contributed by atoms with van der Waals surface area (Å²) in [5.41, 5.74) is 6.89. The number of imide groups is 1. The van der Waals surface area contributed by atoms with Crippen LogP contribution in [0.4, 0.5) is 10.5 Å². The number of benzene rings is 1. The Balaban J connectivity index is 1.84. The molecule has 3 aromatic rings. The van der Waals surface area contributed by atoms with Gasteiger partial charge in [-0.25, -0.2) is 19.5 Å². The van der Waals surface area contributed by atoms with Crippen molar-refractivity contribution in [2.75, 3.05) is 12.0 Å². The van der Waals surface area contributed by atoms with Gasteiger partial charge in [0.15, 0.2) is 0 Å². The van der Waals surface area contributed by atoms with Crippen LogP contribution in [0.2, 0.25) is 0 Å². The van der Waals surface area contributed by atoms with E-state index in [1.54, 1.807) is 39.1 Å². The first-order chi connectivity index (χ1) is 16.6. The Morgan fingerprint density at radius 3 is 2.66 bits per heavy atom. The second-order valence-electron chi connectivity index (χ2n) is 8.90. The largest absolute Gasteiger partial charge is 0.484 e. The lowest BCUT2D eigenvalue weighted by Gasteiger charge is -2.30. The fraction of sp³-hybridized carbons (Fsp3) is 0.333. The molecule has 35 heavy (non-hydrogen) atoms. The summed E-state index contributed by atoms with van der Waals surface area (Å²) < 4.78 is 21.7. The van der Waals surface area contributed by atoms with Gasteiger partial charge in [-0.05, 0) is 39.0 Å². The van der Waals surface area contributed by atoms with Crippen LogP contribution in [0.5, 0.6) is 5.75 Å². The number of H-pyrrole nitrogens is 1. The lowest BCUT2D eigenvalue weighted by Crippen LogP contribution is -2.50. The molecular formula is C24H26N4O7. The van der Waals surface area contributed by atoms with E-state index >= 15 is 0 Å². The molecule has 0 bridgehead atoms. The number of carbonyl (C=O) groups excluding carboxylic acids is 3. The van der Waals surface area contributed by atoms with Crippen molar-refractivity contribution >= 4 is 23.7 Å². The van der Waals surface area contributed by atoms with Crippen molar-refractivity contribution in [1.82, 2.24) is 9.97 Å². The van der Waals surface area contributed by atoms with Crippen molar-refractivity contribution in [2.45, 2.75) is 45.4 Å². The third-order valence-corrected chi connectivity index (χ3v) is 5.25. The van der Waals surface area contributed by atoms with Crippen LogP contribution < -0.4 is 15.4 Å². The summed E-state index contributed by atoms with van der Waals surface area (Å²) in [4.78, 5) is 47.4. The highest BCUT2D eigenvalue weighted by Crippen LogP contribution is 2.44. The van der Waals surface area contributed by atoms with Crippen molar-refractivity contribution in [3.63, 3.8) is 0 Å². The Hall–Kier alpha value is -4.12. The molecule has 1 aromatic carbocycles. The third-order valence-electron chi connectivity index (χ3n) is 5.25. The Labute approximate surface area is 201 Å². The number of methoxy groups -OCH3 is 1. The van der Waals surface area contributed by atoms with E-state index in [-0.39, 0.29) is 30.0 Å². The molecule has 0 radical (unpaired) electrons. The number of rotatable bonds is 5. The van der Waals surface area contributed by atoms with Crippen molar-refractivity contribution in [1.29, 1.82) is 0 Å². The summed E-state index contributed by atoms with van der Waals surface area (Å²) in [6.45, 7) is 5.04. The van der Waals surface area contributed by atoms with E-state index < -0.39 is 29.6 Å². The molecule has 0 unspecified atom stereocenters. The number of anilines is 1. The molecule has 2 aromatic heterocycles. The highest BCUT2D eigenvalue weighted by Gasteiger charge is 2.38. The number of ether oxygens (including phenoxy) is 3. The molecule has 0 saturated heterocycles. The summed E-state index contributed by atoms with van der Waals surface area (Å²) in [5, 5.41) is 0. The number of nitrogens with zero attached hydrogens (tertiary/aromatic N) is 2. The monoisotopic (exact) mass is 482 g/mol. The van der Waals surface area contributed by atoms with Crippen molar-refractivity contribution < 1.29 is 33.0 Å². The Morgan fingerprint density at radius 2 is 2.00 bits per heavy atom. The molecule has 0 saturated carbocycles. The number of furan rings is 1. The number of fused-ring (bicyclic) bond motifs is 3. The highest BCUT2D eigenvalue weighted by molar-refractivity contribution is 6.18. The van der Waals surface area contributed by atoms with Crippen LogP contribution in [-0.2, 0) is 27.3 Å². The molecule has 3 heterocycles. The van der Waals surface area contributed by atoms with E-state index in [1.807, 2.05) is 0 Å². The lowest BCUT2D eigenvalue weighted by atomic mass is 9.97. The smallest absolute Gasteiger partial charge is 0.421 e. The van der Waals surface area contributed by atoms with Crippen LogP contribution in [0.3, 0.4) is 0 Å². The molecule has 184 valence electrons. The Morgan fingerprint density at radius 1 is 1.23 bits per heavy atom. The van der Waals surface area contributed by atoms with Crippen LogP contribution >= 0.6 is 0 Å². The van der Waals surface area contributed by atoms with E-state index in [0.29, 0.717) is 17.0 Å². The van der Waals surface area contributed by atoms with E-state index in [2.05, 4.69) is 9.97 Å². The predicted molar refractivity (Wildman–Crippen MR) is 124 cm³/mol. The number of amides is 2. The zero-order valence-electron chi connectivity index (χ0n) is 19.8. The van der Waals surface area contributed by atoms with Crippen molar-refractivity contribution in [3.05, 3.63) is 54.0 Å². The molecule has 1 aliphatic heterocycles. The van der Waals surface area contributed by atoms with Crippen LogP contribution in [-0.4, -0.2) is 46.7 Å². The highest BCUT2D eigenvalue weighted by atomic mass is 16.6. The number of aromatic amines is 1. The molecule has 4 rings (SSSR count). The number of hydrogen-bond donors (Lipinski definition) is 2. The number of carbonyl (C=O) groups is 3. The van der Waals surface area contributed by atoms with Gasteiger partial charge in [-0.15, -0.1) is 0 Å². The van der Waals surface area contributed by atoms with Gasteiger partial charge >= 0.3 is 12.1 Å². The molecule has 0 spiro atoms. The molecule has 2 amide bonds. The van der Waals surface area contributed by atoms with E-state index in [0.717, 1.165) is 10.5 Å². The van der Waals surface area contributed by atoms with Gasteiger partial charge < -0.3 is 29.3 Å². The summed E-state index contributed by atoms with van der Waals surface area (Å²) in [6.07, 6.45) is 3.62. The van der Waals surface area contributed by atoms with Gasteiger partial charge in [0, 0.05) is 23.7 Å². The van der Waals surface area contributed by atoms with Crippen LogP contribution in [0.15, 0.2) is 41.4 Å². The second-order valence-corrected chi connectivity index (χ2v) is 8.90. The molecular weight excluding hydrogens is 456 g/mol. The molecule has 0 fully saturated rings. The number of esters is 1. The maximum absolute atomic E-state index is 13.5. The topological polar surface area (TPSA) is 150 Å². The number of nitrogens with two attached hydrogens (primary N) is 1. The lowest BCUT2D eigenvalue weighted by molar-refractivity contribution is -0.119. The average Bonchev–Trinajstić information content (AvgIpc) is 3.49. The summed E-state index contributed by atoms with van der Waals surface area (Å²) in [7, 11) is 1.19. The SMILES string of the molecule is COC(=O)c1c(N(C(=O)OC(C)(C)C)C(=O)[C@@H](N)Cc2c[nH]cn2)ccc2c1OCc1occc1-2. The summed E-state index contributed by atoms with van der Waals surface area (Å²) in [6, 6.07) is 3.68. The number of imidazole rings is 1. The maximum Gasteiger partial charge on any atom is 0.421 e. The standard InChI is InChI=1S/C24H26N4O7/c1-24(2,3)35-23(31)28(21(29)16(25)9-13-10-26-12-27-13)17-6-5-15-14-7-8-33-18(14)11-34-20(15)19(17)22(30)32-4/h5-8,10,12,16H,9,11,25H2,1-4H3,(H,26,27)/t16-/m0/s1. The van der Waals surface area contributed by atoms with Crippen LogP contribution in [0.1, 0.15) is 42.6 Å². The minimum absolute atomic E-state index is 0.0506. The van der Waals surface area contributed by atoms with Gasteiger partial charge in [0.1, 0.15) is 29.3 Å². The first-order valence-electron chi connectivity index (χ1n) is 10.9. The fourth-order valence-corrected chi connectivity index (χ4v) is 3.75. The van der Waals surface area contributed by atoms with Gasteiger partial charge in [0.05, 0.1) is 37.1 Å². The zero-order valence-corrected chi connectivity index (χ0v) is 19.8.